The van der Waals surface area contributed by atoms with Crippen molar-refractivity contribution in [2.45, 2.75) is 83.3 Å². The second-order valence-corrected chi connectivity index (χ2v) is 11.3. The van der Waals surface area contributed by atoms with Crippen molar-refractivity contribution < 1.29 is 42.8 Å². The van der Waals surface area contributed by atoms with Crippen molar-refractivity contribution in [1.29, 1.82) is 0 Å². The summed E-state index contributed by atoms with van der Waals surface area (Å²) >= 11 is 0. The van der Waals surface area contributed by atoms with Crippen LogP contribution in [0.15, 0.2) is 18.2 Å². The van der Waals surface area contributed by atoms with Gasteiger partial charge in [0.25, 0.3) is 11.7 Å². The molecule has 5 fully saturated rings. The number of benzene rings is 1. The normalized spacial score (nSPS) is 40.3. The van der Waals surface area contributed by atoms with Gasteiger partial charge in [0.2, 0.25) is 12.1 Å². The summed E-state index contributed by atoms with van der Waals surface area (Å²) < 4.78 is 31.9. The third kappa shape index (κ3) is 3.83. The Labute approximate surface area is 214 Å². The van der Waals surface area contributed by atoms with Gasteiger partial charge < -0.3 is 19.1 Å². The Morgan fingerprint density at radius 2 is 1.97 bits per heavy atom. The van der Waals surface area contributed by atoms with Gasteiger partial charge in [0, 0.05) is 31.2 Å². The molecule has 0 N–H and O–H groups in total. The number of nitrogens with zero attached hydrogens (tertiary/aromatic N) is 1. The van der Waals surface area contributed by atoms with Gasteiger partial charge in [-0.1, -0.05) is 13.8 Å². The summed E-state index contributed by atoms with van der Waals surface area (Å²) in [5.74, 6) is -2.86. The highest BCUT2D eigenvalue weighted by Gasteiger charge is 2.69. The van der Waals surface area contributed by atoms with Crippen LogP contribution < -0.4 is 4.90 Å². The lowest BCUT2D eigenvalue weighted by Crippen LogP contribution is -2.70. The predicted octanol–water partition coefficient (Wildman–Crippen LogP) is 3.89. The molecule has 200 valence electrons. The molecule has 1 spiro atoms. The van der Waals surface area contributed by atoms with Crippen molar-refractivity contribution >= 4 is 23.3 Å². The van der Waals surface area contributed by atoms with E-state index >= 15 is 0 Å². The summed E-state index contributed by atoms with van der Waals surface area (Å²) in [5.41, 5.74) is -0.328. The number of Topliss-reactive ketones (excluding diaryl/α,β-unsaturated/α-hetero) is 1. The molecule has 10 heteroatoms. The van der Waals surface area contributed by atoms with E-state index in [2.05, 4.69) is 6.92 Å². The number of ketones is 1. The summed E-state index contributed by atoms with van der Waals surface area (Å²) in [4.78, 5) is 50.6. The van der Waals surface area contributed by atoms with Crippen LogP contribution in [-0.4, -0.2) is 48.2 Å². The van der Waals surface area contributed by atoms with Gasteiger partial charge in [-0.25, -0.2) is 14.2 Å². The standard InChI is InChI=1S/C27H32FNO8/c1-14-6-8-19-15(2)24(34-25-27(19)18(14)10-11-26(3,35-25)36-37-27)33-21(30)5-4-12-29-20-9-7-16(28)13-17(20)22(31)23(29)32/h7,9,13-15,18-19,24-25H,4-6,8,10-12H2,1-3H3/t14-,15-,18+,19+,24?,25-,26-,27-/m1/s1. The number of amides is 1. The predicted molar refractivity (Wildman–Crippen MR) is 125 cm³/mol. The van der Waals surface area contributed by atoms with Crippen LogP contribution >= 0.6 is 0 Å². The van der Waals surface area contributed by atoms with Gasteiger partial charge in [-0.3, -0.25) is 14.4 Å². The molecular formula is C27H32FNO8. The minimum absolute atomic E-state index is 0.0272. The number of hydrogen-bond acceptors (Lipinski definition) is 8. The van der Waals surface area contributed by atoms with E-state index in [0.717, 1.165) is 25.3 Å². The fourth-order valence-corrected chi connectivity index (χ4v) is 7.07. The highest BCUT2D eigenvalue weighted by Crippen LogP contribution is 2.60. The first-order valence-electron chi connectivity index (χ1n) is 13.2. The van der Waals surface area contributed by atoms with Crippen molar-refractivity contribution in [2.24, 2.45) is 23.7 Å². The van der Waals surface area contributed by atoms with Gasteiger partial charge >= 0.3 is 5.97 Å². The number of fused-ring (bicyclic) bond motifs is 3. The average molecular weight is 518 g/mol. The lowest BCUT2D eigenvalue weighted by Gasteiger charge is -2.59. The number of carbonyl (C=O) groups excluding carboxylic acids is 3. The first-order chi connectivity index (χ1) is 17.6. The molecule has 4 saturated heterocycles. The van der Waals surface area contributed by atoms with E-state index in [1.54, 1.807) is 0 Å². The first kappa shape index (κ1) is 24.9. The zero-order valence-electron chi connectivity index (χ0n) is 21.2. The number of halogens is 1. The van der Waals surface area contributed by atoms with Crippen LogP contribution in [0.1, 0.15) is 69.7 Å². The van der Waals surface area contributed by atoms with Crippen LogP contribution in [-0.2, 0) is 33.6 Å². The molecule has 8 atom stereocenters. The monoisotopic (exact) mass is 517 g/mol. The van der Waals surface area contributed by atoms with Gasteiger partial charge in [0.15, 0.2) is 11.9 Å². The maximum absolute atomic E-state index is 13.5. The molecule has 1 aromatic rings. The van der Waals surface area contributed by atoms with E-state index in [4.69, 9.17) is 24.0 Å². The minimum Gasteiger partial charge on any atom is -0.435 e. The smallest absolute Gasteiger partial charge is 0.308 e. The molecule has 2 bridgehead atoms. The van der Waals surface area contributed by atoms with Crippen LogP contribution in [0.25, 0.3) is 0 Å². The molecule has 1 aliphatic carbocycles. The molecule has 1 saturated carbocycles. The lowest BCUT2D eigenvalue weighted by molar-refractivity contribution is -0.576. The highest BCUT2D eigenvalue weighted by molar-refractivity contribution is 6.52. The molecule has 37 heavy (non-hydrogen) atoms. The maximum Gasteiger partial charge on any atom is 0.308 e. The summed E-state index contributed by atoms with van der Waals surface area (Å²) in [5, 5.41) is 0. The first-order valence-corrected chi connectivity index (χ1v) is 13.2. The number of hydrogen-bond donors (Lipinski definition) is 0. The van der Waals surface area contributed by atoms with Gasteiger partial charge in [0.05, 0.1) is 11.3 Å². The summed E-state index contributed by atoms with van der Waals surface area (Å²) in [6.45, 7) is 6.23. The number of rotatable bonds is 5. The lowest BCUT2D eigenvalue weighted by atomic mass is 9.58. The SMILES string of the molecule is C[C@@H]1CC[C@H]2[C@@H](C)C(OC(=O)CCCN3C(=O)C(=O)c4cc(F)ccc43)O[C@@H]3O[C@@]4(C)CC[C@@H]1[C@]32OO4. The Morgan fingerprint density at radius 3 is 2.78 bits per heavy atom. The van der Waals surface area contributed by atoms with Crippen LogP contribution in [0.2, 0.25) is 0 Å². The Hall–Kier alpha value is -2.40. The Balaban J connectivity index is 1.11. The van der Waals surface area contributed by atoms with Crippen molar-refractivity contribution in [3.8, 4) is 0 Å². The molecule has 1 unspecified atom stereocenters. The average Bonchev–Trinajstić information content (AvgIpc) is 2.97. The van der Waals surface area contributed by atoms with Crippen LogP contribution in [0.5, 0.6) is 0 Å². The van der Waals surface area contributed by atoms with Crippen molar-refractivity contribution in [3.05, 3.63) is 29.6 Å². The largest absolute Gasteiger partial charge is 0.435 e. The fourth-order valence-electron chi connectivity index (χ4n) is 7.07. The zero-order chi connectivity index (χ0) is 26.1. The number of carbonyl (C=O) groups is 3. The quantitative estimate of drug-likeness (QED) is 0.330. The number of anilines is 1. The second kappa shape index (κ2) is 8.83. The molecule has 6 aliphatic rings. The molecule has 1 amide bonds. The van der Waals surface area contributed by atoms with E-state index in [9.17, 15) is 18.8 Å². The van der Waals surface area contributed by atoms with E-state index in [0.29, 0.717) is 18.0 Å². The molecule has 1 aromatic carbocycles. The second-order valence-electron chi connectivity index (χ2n) is 11.3. The van der Waals surface area contributed by atoms with Crippen LogP contribution in [0.4, 0.5) is 10.1 Å². The Morgan fingerprint density at radius 1 is 1.16 bits per heavy atom. The van der Waals surface area contributed by atoms with E-state index < -0.39 is 47.4 Å². The molecule has 0 aromatic heterocycles. The number of esters is 1. The van der Waals surface area contributed by atoms with Crippen molar-refractivity contribution in [1.82, 2.24) is 0 Å². The summed E-state index contributed by atoms with van der Waals surface area (Å²) in [6.07, 6.45) is 2.35. The van der Waals surface area contributed by atoms with Gasteiger partial charge in [0.1, 0.15) is 5.82 Å². The van der Waals surface area contributed by atoms with Gasteiger partial charge in [-0.2, -0.15) is 0 Å². The molecular weight excluding hydrogens is 485 g/mol. The molecule has 5 aliphatic heterocycles. The van der Waals surface area contributed by atoms with Gasteiger partial charge in [-0.05, 0) is 62.6 Å². The number of ether oxygens (including phenoxy) is 3. The third-order valence-corrected chi connectivity index (χ3v) is 9.04. The molecule has 9 nitrogen and oxygen atoms in total. The Bertz CT molecular complexity index is 1140. The Kier molecular flexibility index (Phi) is 5.94. The van der Waals surface area contributed by atoms with Gasteiger partial charge in [-0.15, -0.1) is 0 Å². The topological polar surface area (TPSA) is 101 Å². The van der Waals surface area contributed by atoms with E-state index in [1.165, 1.54) is 17.0 Å². The highest BCUT2D eigenvalue weighted by atomic mass is 19.1. The van der Waals surface area contributed by atoms with E-state index in [1.807, 2.05) is 13.8 Å². The molecule has 7 rings (SSSR count). The van der Waals surface area contributed by atoms with Crippen molar-refractivity contribution in [2.75, 3.05) is 11.4 Å². The summed E-state index contributed by atoms with van der Waals surface area (Å²) in [7, 11) is 0. The van der Waals surface area contributed by atoms with E-state index in [-0.39, 0.29) is 42.7 Å². The fraction of sp³-hybridized carbons (Fsp3) is 0.667. The molecule has 0 radical (unpaired) electrons. The third-order valence-electron chi connectivity index (χ3n) is 9.04. The van der Waals surface area contributed by atoms with Crippen LogP contribution in [0.3, 0.4) is 0 Å². The van der Waals surface area contributed by atoms with Crippen LogP contribution in [0, 0.1) is 29.5 Å². The summed E-state index contributed by atoms with van der Waals surface area (Å²) in [6, 6.07) is 3.67. The molecule has 5 heterocycles. The maximum atomic E-state index is 13.5. The zero-order valence-corrected chi connectivity index (χ0v) is 21.2. The van der Waals surface area contributed by atoms with Crippen molar-refractivity contribution in [3.63, 3.8) is 0 Å². The minimum atomic E-state index is -0.911.